The molecule has 2 N–H and O–H groups in total. The van der Waals surface area contributed by atoms with Gasteiger partial charge < -0.3 is 20.1 Å². The van der Waals surface area contributed by atoms with Gasteiger partial charge in [0.15, 0.2) is 11.5 Å². The number of hydrogen-bond acceptors (Lipinski definition) is 4. The minimum absolute atomic E-state index is 0.270. The number of rotatable bonds is 2. The van der Waals surface area contributed by atoms with E-state index in [0.717, 1.165) is 29.4 Å². The van der Waals surface area contributed by atoms with E-state index in [4.69, 9.17) is 9.47 Å². The molecule has 0 atom stereocenters. The van der Waals surface area contributed by atoms with Crippen LogP contribution in [0.4, 0.5) is 11.4 Å². The Morgan fingerprint density at radius 1 is 1.06 bits per heavy atom. The van der Waals surface area contributed by atoms with Gasteiger partial charge in [-0.25, -0.2) is 0 Å². The maximum absolute atomic E-state index is 5.33. The van der Waals surface area contributed by atoms with Crippen molar-refractivity contribution >= 4 is 11.4 Å². The van der Waals surface area contributed by atoms with E-state index in [-0.39, 0.29) is 5.54 Å². The SMILES string of the molecule is COc1cc2c(cc1OC)NC1(CCC1)CN2. The van der Waals surface area contributed by atoms with Crippen molar-refractivity contribution in [1.29, 1.82) is 0 Å². The van der Waals surface area contributed by atoms with Gasteiger partial charge in [-0.3, -0.25) is 0 Å². The van der Waals surface area contributed by atoms with Crippen LogP contribution in [0.25, 0.3) is 0 Å². The largest absolute Gasteiger partial charge is 0.493 e. The number of nitrogens with one attached hydrogen (secondary N) is 2. The molecule has 1 fully saturated rings. The van der Waals surface area contributed by atoms with Gasteiger partial charge in [0.05, 0.1) is 31.1 Å². The minimum Gasteiger partial charge on any atom is -0.493 e. The van der Waals surface area contributed by atoms with E-state index in [2.05, 4.69) is 10.6 Å². The molecule has 0 amide bonds. The fraction of sp³-hybridized carbons (Fsp3) is 0.538. The summed E-state index contributed by atoms with van der Waals surface area (Å²) in [6, 6.07) is 4.01. The molecular formula is C13H18N2O2. The molecule has 0 bridgehead atoms. The molecule has 1 aromatic carbocycles. The quantitative estimate of drug-likeness (QED) is 0.825. The zero-order valence-corrected chi connectivity index (χ0v) is 10.3. The predicted molar refractivity (Wildman–Crippen MR) is 68.2 cm³/mol. The lowest BCUT2D eigenvalue weighted by Gasteiger charge is -2.47. The molecule has 1 aliphatic heterocycles. The number of benzene rings is 1. The molecule has 1 aliphatic carbocycles. The van der Waals surface area contributed by atoms with E-state index in [1.54, 1.807) is 14.2 Å². The van der Waals surface area contributed by atoms with Gasteiger partial charge in [-0.1, -0.05) is 0 Å². The summed E-state index contributed by atoms with van der Waals surface area (Å²) in [6.45, 7) is 0.996. The van der Waals surface area contributed by atoms with E-state index in [0.29, 0.717) is 0 Å². The van der Waals surface area contributed by atoms with Crippen molar-refractivity contribution in [2.45, 2.75) is 24.8 Å². The summed E-state index contributed by atoms with van der Waals surface area (Å²) >= 11 is 0. The summed E-state index contributed by atoms with van der Waals surface area (Å²) < 4.78 is 10.6. The van der Waals surface area contributed by atoms with Crippen LogP contribution in [-0.2, 0) is 0 Å². The Kier molecular flexibility index (Phi) is 2.31. The molecule has 0 aromatic heterocycles. The molecule has 0 unspecified atom stereocenters. The molecule has 1 aromatic rings. The minimum atomic E-state index is 0.270. The van der Waals surface area contributed by atoms with Crippen molar-refractivity contribution in [3.63, 3.8) is 0 Å². The van der Waals surface area contributed by atoms with Gasteiger partial charge in [-0.2, -0.15) is 0 Å². The maximum Gasteiger partial charge on any atom is 0.162 e. The summed E-state index contributed by atoms with van der Waals surface area (Å²) in [6.07, 6.45) is 3.80. The number of fused-ring (bicyclic) bond motifs is 1. The molecule has 17 heavy (non-hydrogen) atoms. The summed E-state index contributed by atoms with van der Waals surface area (Å²) in [5.41, 5.74) is 2.49. The molecule has 4 heteroatoms. The highest BCUT2D eigenvalue weighted by Crippen LogP contribution is 2.44. The highest BCUT2D eigenvalue weighted by atomic mass is 16.5. The highest BCUT2D eigenvalue weighted by molar-refractivity contribution is 5.77. The third-order valence-corrected chi connectivity index (χ3v) is 3.85. The van der Waals surface area contributed by atoms with E-state index in [1.807, 2.05) is 12.1 Å². The van der Waals surface area contributed by atoms with Crippen LogP contribution in [0.1, 0.15) is 19.3 Å². The van der Waals surface area contributed by atoms with E-state index >= 15 is 0 Å². The van der Waals surface area contributed by atoms with Crippen molar-refractivity contribution in [1.82, 2.24) is 0 Å². The second kappa shape index (κ2) is 3.72. The number of anilines is 2. The van der Waals surface area contributed by atoms with Crippen molar-refractivity contribution in [2.75, 3.05) is 31.4 Å². The lowest BCUT2D eigenvalue weighted by Crippen LogP contribution is -2.52. The smallest absolute Gasteiger partial charge is 0.162 e. The molecule has 2 aliphatic rings. The zero-order chi connectivity index (χ0) is 11.9. The van der Waals surface area contributed by atoms with Crippen molar-refractivity contribution < 1.29 is 9.47 Å². The molecule has 4 nitrogen and oxygen atoms in total. The maximum atomic E-state index is 5.33. The topological polar surface area (TPSA) is 42.5 Å². The van der Waals surface area contributed by atoms with E-state index < -0.39 is 0 Å². The Bertz CT molecular complexity index is 441. The van der Waals surface area contributed by atoms with Gasteiger partial charge in [-0.15, -0.1) is 0 Å². The second-order valence-corrected chi connectivity index (χ2v) is 4.87. The van der Waals surface area contributed by atoms with Crippen molar-refractivity contribution in [2.24, 2.45) is 0 Å². The first kappa shape index (κ1) is 10.6. The molecule has 0 radical (unpaired) electrons. The van der Waals surface area contributed by atoms with Crippen LogP contribution in [-0.4, -0.2) is 26.3 Å². The van der Waals surface area contributed by atoms with Gasteiger partial charge >= 0.3 is 0 Å². The predicted octanol–water partition coefficient (Wildman–Crippen LogP) is 2.46. The Morgan fingerprint density at radius 3 is 2.24 bits per heavy atom. The van der Waals surface area contributed by atoms with Gasteiger partial charge in [0, 0.05) is 18.7 Å². The average molecular weight is 234 g/mol. The lowest BCUT2D eigenvalue weighted by molar-refractivity contribution is 0.290. The first-order valence-corrected chi connectivity index (χ1v) is 6.04. The summed E-state index contributed by atoms with van der Waals surface area (Å²) in [5, 5.41) is 7.12. The third kappa shape index (κ3) is 1.59. The Hall–Kier alpha value is -1.58. The third-order valence-electron chi connectivity index (χ3n) is 3.85. The fourth-order valence-electron chi connectivity index (χ4n) is 2.63. The van der Waals surface area contributed by atoms with Crippen LogP contribution in [0, 0.1) is 0 Å². The summed E-state index contributed by atoms with van der Waals surface area (Å²) in [5.74, 6) is 1.54. The molecule has 1 spiro atoms. The second-order valence-electron chi connectivity index (χ2n) is 4.87. The first-order valence-electron chi connectivity index (χ1n) is 6.04. The first-order chi connectivity index (χ1) is 8.26. The van der Waals surface area contributed by atoms with Crippen LogP contribution in [0.2, 0.25) is 0 Å². The van der Waals surface area contributed by atoms with Crippen LogP contribution < -0.4 is 20.1 Å². The number of methoxy groups -OCH3 is 2. The molecule has 1 heterocycles. The van der Waals surface area contributed by atoms with E-state index in [1.165, 1.54) is 19.3 Å². The van der Waals surface area contributed by atoms with Gasteiger partial charge in [-0.05, 0) is 19.3 Å². The molecule has 1 saturated carbocycles. The lowest BCUT2D eigenvalue weighted by atomic mass is 9.75. The van der Waals surface area contributed by atoms with Gasteiger partial charge in [0.2, 0.25) is 0 Å². The van der Waals surface area contributed by atoms with E-state index in [9.17, 15) is 0 Å². The Labute approximate surface area is 101 Å². The normalized spacial score (nSPS) is 19.6. The summed E-state index contributed by atoms with van der Waals surface area (Å²) in [4.78, 5) is 0. The van der Waals surface area contributed by atoms with Crippen molar-refractivity contribution in [3.05, 3.63) is 12.1 Å². The molecular weight excluding hydrogens is 216 g/mol. The summed E-state index contributed by atoms with van der Waals surface area (Å²) in [7, 11) is 3.33. The highest BCUT2D eigenvalue weighted by Gasteiger charge is 2.39. The number of ether oxygens (including phenoxy) is 2. The molecule has 92 valence electrons. The standard InChI is InChI=1S/C13H18N2O2/c1-16-11-6-9-10(7-12(11)17-2)15-13(8-14-9)4-3-5-13/h6-7,14-15H,3-5,8H2,1-2H3. The van der Waals surface area contributed by atoms with Crippen LogP contribution in [0.3, 0.4) is 0 Å². The molecule has 0 saturated heterocycles. The van der Waals surface area contributed by atoms with Crippen LogP contribution >= 0.6 is 0 Å². The Morgan fingerprint density at radius 2 is 1.71 bits per heavy atom. The number of hydrogen-bond donors (Lipinski definition) is 2. The van der Waals surface area contributed by atoms with Crippen LogP contribution in [0.5, 0.6) is 11.5 Å². The zero-order valence-electron chi connectivity index (χ0n) is 10.3. The molecule has 3 rings (SSSR count). The fourth-order valence-corrected chi connectivity index (χ4v) is 2.63. The Balaban J connectivity index is 1.96. The van der Waals surface area contributed by atoms with Gasteiger partial charge in [0.25, 0.3) is 0 Å². The van der Waals surface area contributed by atoms with Crippen molar-refractivity contribution in [3.8, 4) is 11.5 Å². The van der Waals surface area contributed by atoms with Gasteiger partial charge in [0.1, 0.15) is 0 Å². The average Bonchev–Trinajstić information content (AvgIpc) is 2.34. The van der Waals surface area contributed by atoms with Crippen LogP contribution in [0.15, 0.2) is 12.1 Å². The monoisotopic (exact) mass is 234 g/mol.